The maximum atomic E-state index is 11.7. The molecule has 0 aromatic carbocycles. The summed E-state index contributed by atoms with van der Waals surface area (Å²) >= 11 is 0. The Morgan fingerprint density at radius 3 is 2.89 bits per heavy atom. The van der Waals surface area contributed by atoms with E-state index < -0.39 is 0 Å². The van der Waals surface area contributed by atoms with Crippen LogP contribution in [0.25, 0.3) is 0 Å². The maximum absolute atomic E-state index is 11.7. The van der Waals surface area contributed by atoms with E-state index in [1.54, 1.807) is 18.0 Å². The number of aromatic nitrogens is 2. The predicted molar refractivity (Wildman–Crippen MR) is 67.1 cm³/mol. The fourth-order valence-corrected chi connectivity index (χ4v) is 1.65. The zero-order valence-electron chi connectivity index (χ0n) is 11.2. The highest BCUT2D eigenvalue weighted by atomic mass is 16.5. The van der Waals surface area contributed by atoms with Gasteiger partial charge in [-0.05, 0) is 12.5 Å². The number of carbonyl (C=O) groups is 1. The first kappa shape index (κ1) is 14.7. The van der Waals surface area contributed by atoms with Crippen LogP contribution in [0.2, 0.25) is 0 Å². The van der Waals surface area contributed by atoms with Crippen LogP contribution in [0.1, 0.15) is 25.1 Å². The van der Waals surface area contributed by atoms with Gasteiger partial charge in [-0.3, -0.25) is 9.48 Å². The predicted octanol–water partition coefficient (Wildman–Crippen LogP) is 0.650. The minimum atomic E-state index is -0.126. The Kier molecular flexibility index (Phi) is 6.38. The lowest BCUT2D eigenvalue weighted by Gasteiger charge is -2.17. The molecule has 1 atom stereocenters. The molecule has 0 aliphatic carbocycles. The molecule has 1 rings (SSSR count). The minimum absolute atomic E-state index is 0.0315. The third kappa shape index (κ3) is 4.46. The molecule has 0 spiro atoms. The molecule has 1 heterocycles. The highest BCUT2D eigenvalue weighted by Gasteiger charge is 2.15. The van der Waals surface area contributed by atoms with Gasteiger partial charge in [0, 0.05) is 20.4 Å². The summed E-state index contributed by atoms with van der Waals surface area (Å²) in [6, 6.07) is 1.87. The van der Waals surface area contributed by atoms with Gasteiger partial charge in [0.05, 0.1) is 24.9 Å². The van der Waals surface area contributed by atoms with Crippen molar-refractivity contribution in [3.8, 4) is 0 Å². The van der Waals surface area contributed by atoms with E-state index in [9.17, 15) is 4.79 Å². The number of carbonyl (C=O) groups excluding carboxylic acids is 1. The number of hydrogen-bond acceptors (Lipinski definition) is 4. The van der Waals surface area contributed by atoms with Crippen LogP contribution in [-0.4, -0.2) is 42.6 Å². The molecule has 102 valence electrons. The van der Waals surface area contributed by atoms with Gasteiger partial charge in [-0.15, -0.1) is 0 Å². The summed E-state index contributed by atoms with van der Waals surface area (Å²) in [6.45, 7) is 2.99. The van der Waals surface area contributed by atoms with Gasteiger partial charge in [0.15, 0.2) is 0 Å². The second kappa shape index (κ2) is 7.84. The van der Waals surface area contributed by atoms with E-state index in [1.165, 1.54) is 0 Å². The zero-order chi connectivity index (χ0) is 13.4. The third-order valence-corrected chi connectivity index (χ3v) is 2.62. The Hall–Kier alpha value is -1.40. The second-order valence-corrected chi connectivity index (χ2v) is 3.95. The van der Waals surface area contributed by atoms with E-state index in [0.717, 1.165) is 12.1 Å². The van der Waals surface area contributed by atoms with Gasteiger partial charge in [-0.25, -0.2) is 0 Å². The molecular formula is C12H21N3O3. The largest absolute Gasteiger partial charge is 0.382 e. The summed E-state index contributed by atoms with van der Waals surface area (Å²) in [7, 11) is 3.46. The summed E-state index contributed by atoms with van der Waals surface area (Å²) in [5.41, 5.74) is 0.989. The SMILES string of the molecule is CCC(NC(=O)COCCOC)c1ccnn1C. The highest BCUT2D eigenvalue weighted by Crippen LogP contribution is 2.14. The molecule has 1 amide bonds. The van der Waals surface area contributed by atoms with Gasteiger partial charge < -0.3 is 14.8 Å². The number of aryl methyl sites for hydroxylation is 1. The quantitative estimate of drug-likeness (QED) is 0.693. The maximum Gasteiger partial charge on any atom is 0.246 e. The average Bonchev–Trinajstić information content (AvgIpc) is 2.78. The van der Waals surface area contributed by atoms with Crippen molar-refractivity contribution in [1.82, 2.24) is 15.1 Å². The number of nitrogens with one attached hydrogen (secondary N) is 1. The lowest BCUT2D eigenvalue weighted by atomic mass is 10.1. The van der Waals surface area contributed by atoms with Gasteiger partial charge in [-0.1, -0.05) is 6.92 Å². The van der Waals surface area contributed by atoms with Crippen molar-refractivity contribution in [3.63, 3.8) is 0 Å². The average molecular weight is 255 g/mol. The van der Waals surface area contributed by atoms with Crippen LogP contribution in [-0.2, 0) is 21.3 Å². The molecule has 0 bridgehead atoms. The lowest BCUT2D eigenvalue weighted by Crippen LogP contribution is -2.32. The molecule has 0 fully saturated rings. The topological polar surface area (TPSA) is 65.4 Å². The molecule has 0 aliphatic rings. The fraction of sp³-hybridized carbons (Fsp3) is 0.667. The Labute approximate surface area is 107 Å². The summed E-state index contributed by atoms with van der Waals surface area (Å²) in [6.07, 6.45) is 2.53. The van der Waals surface area contributed by atoms with Crippen LogP contribution >= 0.6 is 0 Å². The molecule has 1 N–H and O–H groups in total. The number of hydrogen-bond donors (Lipinski definition) is 1. The van der Waals surface area contributed by atoms with Gasteiger partial charge >= 0.3 is 0 Å². The summed E-state index contributed by atoms with van der Waals surface area (Å²) in [5.74, 6) is -0.126. The molecule has 1 unspecified atom stereocenters. The van der Waals surface area contributed by atoms with Crippen LogP contribution in [0, 0.1) is 0 Å². The summed E-state index contributed by atoms with van der Waals surface area (Å²) in [5, 5.41) is 7.02. The molecular weight excluding hydrogens is 234 g/mol. The van der Waals surface area contributed by atoms with E-state index in [0.29, 0.717) is 13.2 Å². The molecule has 0 saturated carbocycles. The Bertz CT molecular complexity index is 365. The molecule has 0 saturated heterocycles. The van der Waals surface area contributed by atoms with Crippen LogP contribution < -0.4 is 5.32 Å². The van der Waals surface area contributed by atoms with Crippen molar-refractivity contribution in [2.45, 2.75) is 19.4 Å². The lowest BCUT2D eigenvalue weighted by molar-refractivity contribution is -0.127. The van der Waals surface area contributed by atoms with Crippen molar-refractivity contribution >= 4 is 5.91 Å². The highest BCUT2D eigenvalue weighted by molar-refractivity contribution is 5.77. The number of nitrogens with zero attached hydrogens (tertiary/aromatic N) is 2. The van der Waals surface area contributed by atoms with E-state index in [2.05, 4.69) is 10.4 Å². The molecule has 0 radical (unpaired) electrons. The van der Waals surface area contributed by atoms with Crippen molar-refractivity contribution in [1.29, 1.82) is 0 Å². The van der Waals surface area contributed by atoms with E-state index in [-0.39, 0.29) is 18.6 Å². The molecule has 18 heavy (non-hydrogen) atoms. The molecule has 6 nitrogen and oxygen atoms in total. The summed E-state index contributed by atoms with van der Waals surface area (Å²) in [4.78, 5) is 11.7. The van der Waals surface area contributed by atoms with Crippen LogP contribution in [0.4, 0.5) is 0 Å². The molecule has 6 heteroatoms. The normalized spacial score (nSPS) is 12.4. The molecule has 0 aliphatic heterocycles. The fourth-order valence-electron chi connectivity index (χ4n) is 1.65. The smallest absolute Gasteiger partial charge is 0.246 e. The minimum Gasteiger partial charge on any atom is -0.382 e. The number of ether oxygens (including phenoxy) is 2. The van der Waals surface area contributed by atoms with Gasteiger partial charge in [0.2, 0.25) is 5.91 Å². The summed E-state index contributed by atoms with van der Waals surface area (Å²) < 4.78 is 11.8. The Morgan fingerprint density at radius 1 is 1.56 bits per heavy atom. The van der Waals surface area contributed by atoms with Crippen molar-refractivity contribution in [2.75, 3.05) is 26.9 Å². The van der Waals surface area contributed by atoms with Gasteiger partial charge in [0.25, 0.3) is 0 Å². The first-order valence-electron chi connectivity index (χ1n) is 6.03. The molecule has 1 aromatic heterocycles. The zero-order valence-corrected chi connectivity index (χ0v) is 11.2. The van der Waals surface area contributed by atoms with E-state index in [4.69, 9.17) is 9.47 Å². The first-order chi connectivity index (χ1) is 8.69. The number of methoxy groups -OCH3 is 1. The van der Waals surface area contributed by atoms with Crippen LogP contribution in [0.15, 0.2) is 12.3 Å². The van der Waals surface area contributed by atoms with Crippen LogP contribution in [0.3, 0.4) is 0 Å². The van der Waals surface area contributed by atoms with Crippen molar-refractivity contribution in [2.24, 2.45) is 7.05 Å². The third-order valence-electron chi connectivity index (χ3n) is 2.62. The Morgan fingerprint density at radius 2 is 2.33 bits per heavy atom. The van der Waals surface area contributed by atoms with E-state index >= 15 is 0 Å². The van der Waals surface area contributed by atoms with Crippen molar-refractivity contribution in [3.05, 3.63) is 18.0 Å². The van der Waals surface area contributed by atoms with Gasteiger partial charge in [0.1, 0.15) is 6.61 Å². The van der Waals surface area contributed by atoms with Crippen LogP contribution in [0.5, 0.6) is 0 Å². The van der Waals surface area contributed by atoms with E-state index in [1.807, 2.05) is 20.0 Å². The Balaban J connectivity index is 2.39. The monoisotopic (exact) mass is 255 g/mol. The van der Waals surface area contributed by atoms with Gasteiger partial charge in [-0.2, -0.15) is 5.10 Å². The second-order valence-electron chi connectivity index (χ2n) is 3.95. The molecule has 1 aromatic rings. The number of amides is 1. The first-order valence-corrected chi connectivity index (χ1v) is 6.03. The number of rotatable bonds is 8. The standard InChI is InChI=1S/C12H21N3O3/c1-4-10(11-5-6-13-15(11)2)14-12(16)9-18-8-7-17-3/h5-6,10H,4,7-9H2,1-3H3,(H,14,16). The van der Waals surface area contributed by atoms with Crippen molar-refractivity contribution < 1.29 is 14.3 Å².